The number of rotatable bonds is 4. The molecular weight excluding hydrogens is 276 g/mol. The van der Waals surface area contributed by atoms with Gasteiger partial charge in [0, 0.05) is 37.5 Å². The number of aromatic nitrogens is 2. The predicted octanol–water partition coefficient (Wildman–Crippen LogP) is 2.42. The van der Waals surface area contributed by atoms with Crippen molar-refractivity contribution in [2.75, 3.05) is 18.4 Å². The molecule has 1 amide bonds. The van der Waals surface area contributed by atoms with Crippen molar-refractivity contribution in [1.82, 2.24) is 14.9 Å². The Morgan fingerprint density at radius 2 is 2.20 bits per heavy atom. The first kappa shape index (κ1) is 15.0. The number of aryl methyl sites for hydroxylation is 1. The van der Waals surface area contributed by atoms with E-state index in [1.165, 1.54) is 0 Å². The van der Waals surface area contributed by atoms with Crippen molar-refractivity contribution in [2.24, 2.45) is 0 Å². The summed E-state index contributed by atoms with van der Waals surface area (Å²) in [6.07, 6.45) is 2.25. The maximum atomic E-state index is 11.7. The van der Waals surface area contributed by atoms with Gasteiger partial charge in [0.15, 0.2) is 0 Å². The lowest BCUT2D eigenvalue weighted by atomic mass is 10.2. The fourth-order valence-corrected chi connectivity index (χ4v) is 2.54. The second-order valence-electron chi connectivity index (χ2n) is 5.08. The van der Waals surface area contributed by atoms with E-state index >= 15 is 0 Å². The topological polar surface area (TPSA) is 58.1 Å². The molecule has 0 bridgehead atoms. The second-order valence-corrected chi connectivity index (χ2v) is 5.44. The first-order valence-corrected chi connectivity index (χ1v) is 7.50. The van der Waals surface area contributed by atoms with Crippen molar-refractivity contribution in [3.8, 4) is 0 Å². The van der Waals surface area contributed by atoms with E-state index < -0.39 is 0 Å². The van der Waals surface area contributed by atoms with Gasteiger partial charge in [-0.15, -0.1) is 0 Å². The number of amides is 1. The summed E-state index contributed by atoms with van der Waals surface area (Å²) in [6, 6.07) is 0.236. The Labute approximate surface area is 124 Å². The van der Waals surface area contributed by atoms with Gasteiger partial charge in [0.05, 0.1) is 0 Å². The third-order valence-electron chi connectivity index (χ3n) is 3.63. The largest absolute Gasteiger partial charge is 0.365 e. The number of halogens is 1. The molecule has 1 N–H and O–H groups in total. The molecule has 0 spiro atoms. The fourth-order valence-electron chi connectivity index (χ4n) is 2.35. The Bertz CT molecular complexity index is 506. The Morgan fingerprint density at radius 1 is 1.45 bits per heavy atom. The zero-order chi connectivity index (χ0) is 14.7. The summed E-state index contributed by atoms with van der Waals surface area (Å²) < 4.78 is 0. The number of hydrogen-bond donors (Lipinski definition) is 1. The minimum atomic E-state index is 0.209. The average Bonchev–Trinajstić information content (AvgIpc) is 2.91. The van der Waals surface area contributed by atoms with E-state index in [9.17, 15) is 4.79 Å². The van der Waals surface area contributed by atoms with Gasteiger partial charge in [0.1, 0.15) is 16.8 Å². The molecule has 0 radical (unpaired) electrons. The van der Waals surface area contributed by atoms with Crippen LogP contribution in [0.25, 0.3) is 0 Å². The first-order valence-electron chi connectivity index (χ1n) is 7.12. The van der Waals surface area contributed by atoms with Gasteiger partial charge in [-0.2, -0.15) is 0 Å². The van der Waals surface area contributed by atoms with Gasteiger partial charge in [-0.3, -0.25) is 4.79 Å². The molecule has 2 heterocycles. The quantitative estimate of drug-likeness (QED) is 0.867. The van der Waals surface area contributed by atoms with Crippen LogP contribution in [0.15, 0.2) is 0 Å². The highest BCUT2D eigenvalue weighted by atomic mass is 35.5. The number of likely N-dealkylation sites (tertiary alicyclic amines) is 1. The standard InChI is InChI=1S/C14H21ClN4O/c1-4-11-17-13(15)9(3)14(18-11)16-10-6-7-19(8-10)12(20)5-2/h10H,4-8H2,1-3H3,(H,16,17,18). The van der Waals surface area contributed by atoms with Crippen LogP contribution in [0.1, 0.15) is 38.1 Å². The monoisotopic (exact) mass is 296 g/mol. The Morgan fingerprint density at radius 3 is 2.85 bits per heavy atom. The van der Waals surface area contributed by atoms with E-state index in [1.54, 1.807) is 0 Å². The SMILES string of the molecule is CCC(=O)N1CCC(Nc2nc(CC)nc(Cl)c2C)C1. The van der Waals surface area contributed by atoms with Crippen LogP contribution in [0.2, 0.25) is 5.15 Å². The van der Waals surface area contributed by atoms with Crippen LogP contribution in [0.3, 0.4) is 0 Å². The van der Waals surface area contributed by atoms with Gasteiger partial charge in [-0.25, -0.2) is 9.97 Å². The molecule has 1 aliphatic heterocycles. The molecule has 6 heteroatoms. The van der Waals surface area contributed by atoms with Crippen molar-refractivity contribution in [2.45, 2.75) is 46.1 Å². The van der Waals surface area contributed by atoms with Gasteiger partial charge in [-0.1, -0.05) is 25.4 Å². The molecule has 1 aromatic heterocycles. The maximum absolute atomic E-state index is 11.7. The lowest BCUT2D eigenvalue weighted by Crippen LogP contribution is -2.31. The van der Waals surface area contributed by atoms with Crippen molar-refractivity contribution >= 4 is 23.3 Å². The van der Waals surface area contributed by atoms with Crippen LogP contribution in [-0.2, 0) is 11.2 Å². The van der Waals surface area contributed by atoms with Crippen molar-refractivity contribution in [3.05, 3.63) is 16.5 Å². The average molecular weight is 297 g/mol. The second kappa shape index (κ2) is 6.39. The van der Waals surface area contributed by atoms with Gasteiger partial charge < -0.3 is 10.2 Å². The molecule has 1 saturated heterocycles. The molecular formula is C14H21ClN4O. The minimum Gasteiger partial charge on any atom is -0.365 e. The van der Waals surface area contributed by atoms with Crippen molar-refractivity contribution in [3.63, 3.8) is 0 Å². The van der Waals surface area contributed by atoms with E-state index in [-0.39, 0.29) is 11.9 Å². The number of nitrogens with one attached hydrogen (secondary N) is 1. The van der Waals surface area contributed by atoms with Crippen LogP contribution in [0.5, 0.6) is 0 Å². The van der Waals surface area contributed by atoms with Crippen LogP contribution < -0.4 is 5.32 Å². The molecule has 1 aromatic rings. The minimum absolute atomic E-state index is 0.209. The lowest BCUT2D eigenvalue weighted by Gasteiger charge is -2.18. The van der Waals surface area contributed by atoms with E-state index in [2.05, 4.69) is 15.3 Å². The van der Waals surface area contributed by atoms with Gasteiger partial charge in [0.25, 0.3) is 0 Å². The van der Waals surface area contributed by atoms with Gasteiger partial charge >= 0.3 is 0 Å². The lowest BCUT2D eigenvalue weighted by molar-refractivity contribution is -0.129. The molecule has 0 saturated carbocycles. The van der Waals surface area contributed by atoms with Crippen LogP contribution in [0, 0.1) is 6.92 Å². The highest BCUT2D eigenvalue weighted by Gasteiger charge is 2.26. The number of carbonyl (C=O) groups is 1. The predicted molar refractivity (Wildman–Crippen MR) is 80.1 cm³/mol. The van der Waals surface area contributed by atoms with Gasteiger partial charge in [-0.05, 0) is 13.3 Å². The Hall–Kier alpha value is -1.36. The number of nitrogens with zero attached hydrogens (tertiary/aromatic N) is 3. The summed E-state index contributed by atoms with van der Waals surface area (Å²) in [5.41, 5.74) is 0.865. The molecule has 1 atom stereocenters. The van der Waals surface area contributed by atoms with Crippen molar-refractivity contribution < 1.29 is 4.79 Å². The summed E-state index contributed by atoms with van der Waals surface area (Å²) in [6.45, 7) is 7.35. The van der Waals surface area contributed by atoms with Crippen LogP contribution >= 0.6 is 11.6 Å². The molecule has 2 rings (SSSR count). The molecule has 1 unspecified atom stereocenters. The van der Waals surface area contributed by atoms with Crippen LogP contribution in [0.4, 0.5) is 5.82 Å². The summed E-state index contributed by atoms with van der Waals surface area (Å²) >= 11 is 6.13. The highest BCUT2D eigenvalue weighted by molar-refractivity contribution is 6.30. The van der Waals surface area contributed by atoms with Crippen molar-refractivity contribution in [1.29, 1.82) is 0 Å². The summed E-state index contributed by atoms with van der Waals surface area (Å²) in [7, 11) is 0. The smallest absolute Gasteiger partial charge is 0.222 e. The van der Waals surface area contributed by atoms with Gasteiger partial charge in [0.2, 0.25) is 5.91 Å². The normalized spacial score (nSPS) is 18.4. The number of anilines is 1. The Balaban J connectivity index is 2.08. The first-order chi connectivity index (χ1) is 9.55. The molecule has 20 heavy (non-hydrogen) atoms. The molecule has 0 aromatic carbocycles. The third kappa shape index (κ3) is 3.20. The fraction of sp³-hybridized carbons (Fsp3) is 0.643. The zero-order valence-corrected chi connectivity index (χ0v) is 13.0. The molecule has 1 aliphatic rings. The molecule has 1 fully saturated rings. The van der Waals surface area contributed by atoms with Crippen LogP contribution in [-0.4, -0.2) is 39.9 Å². The summed E-state index contributed by atoms with van der Waals surface area (Å²) in [5.74, 6) is 1.74. The van der Waals surface area contributed by atoms with E-state index in [1.807, 2.05) is 25.7 Å². The van der Waals surface area contributed by atoms with E-state index in [0.717, 1.165) is 43.1 Å². The van der Waals surface area contributed by atoms with E-state index in [4.69, 9.17) is 11.6 Å². The summed E-state index contributed by atoms with van der Waals surface area (Å²) in [5, 5.41) is 3.90. The maximum Gasteiger partial charge on any atom is 0.222 e. The Kier molecular flexibility index (Phi) is 4.81. The molecule has 5 nitrogen and oxygen atoms in total. The third-order valence-corrected chi connectivity index (χ3v) is 4.00. The number of carbonyl (C=O) groups excluding carboxylic acids is 1. The molecule has 0 aliphatic carbocycles. The summed E-state index contributed by atoms with van der Waals surface area (Å²) in [4.78, 5) is 22.3. The number of hydrogen-bond acceptors (Lipinski definition) is 4. The zero-order valence-electron chi connectivity index (χ0n) is 12.2. The highest BCUT2D eigenvalue weighted by Crippen LogP contribution is 2.23. The van der Waals surface area contributed by atoms with E-state index in [0.29, 0.717) is 11.6 Å². The molecule has 110 valence electrons.